The third-order valence-corrected chi connectivity index (χ3v) is 3.18. The Bertz CT molecular complexity index is 277. The molecule has 15 heavy (non-hydrogen) atoms. The Hall–Kier alpha value is -0.350. The average molecular weight is 274 g/mol. The van der Waals surface area contributed by atoms with Gasteiger partial charge in [-0.1, -0.05) is 26.7 Å². The highest BCUT2D eigenvalue weighted by Gasteiger charge is 2.16. The van der Waals surface area contributed by atoms with Gasteiger partial charge in [-0.05, 0) is 28.9 Å². The summed E-state index contributed by atoms with van der Waals surface area (Å²) in [5.41, 5.74) is 1.25. The van der Waals surface area contributed by atoms with Gasteiger partial charge in [0.25, 0.3) is 0 Å². The number of nitrogens with zero attached hydrogens (tertiary/aromatic N) is 2. The van der Waals surface area contributed by atoms with Gasteiger partial charge in [0.05, 0.1) is 22.4 Å². The largest absolute Gasteiger partial charge is 0.309 e. The van der Waals surface area contributed by atoms with Gasteiger partial charge in [-0.3, -0.25) is 4.68 Å². The minimum Gasteiger partial charge on any atom is -0.309 e. The molecule has 1 unspecified atom stereocenters. The fourth-order valence-corrected chi connectivity index (χ4v) is 2.43. The van der Waals surface area contributed by atoms with E-state index in [1.165, 1.54) is 25.0 Å². The van der Waals surface area contributed by atoms with Crippen LogP contribution in [0.3, 0.4) is 0 Å². The molecule has 0 radical (unpaired) electrons. The van der Waals surface area contributed by atoms with E-state index in [1.54, 1.807) is 0 Å². The predicted molar refractivity (Wildman–Crippen MR) is 66.9 cm³/mol. The van der Waals surface area contributed by atoms with Crippen LogP contribution in [-0.4, -0.2) is 16.3 Å². The quantitative estimate of drug-likeness (QED) is 0.864. The molecule has 0 amide bonds. The summed E-state index contributed by atoms with van der Waals surface area (Å²) < 4.78 is 3.06. The molecule has 0 aliphatic heterocycles. The van der Waals surface area contributed by atoms with Crippen LogP contribution in [-0.2, 0) is 7.05 Å². The van der Waals surface area contributed by atoms with Crippen molar-refractivity contribution in [1.29, 1.82) is 0 Å². The first-order valence-electron chi connectivity index (χ1n) is 5.61. The second kappa shape index (κ2) is 6.28. The molecule has 1 aromatic rings. The molecule has 1 heterocycles. The summed E-state index contributed by atoms with van der Waals surface area (Å²) in [5, 5.41) is 7.77. The molecular formula is C11H20BrN3. The van der Waals surface area contributed by atoms with Crippen molar-refractivity contribution in [2.24, 2.45) is 7.05 Å². The van der Waals surface area contributed by atoms with Crippen LogP contribution < -0.4 is 5.32 Å². The van der Waals surface area contributed by atoms with E-state index in [1.807, 2.05) is 17.9 Å². The van der Waals surface area contributed by atoms with Crippen molar-refractivity contribution in [3.8, 4) is 0 Å². The topological polar surface area (TPSA) is 29.9 Å². The summed E-state index contributed by atoms with van der Waals surface area (Å²) in [4.78, 5) is 0. The molecular weight excluding hydrogens is 254 g/mol. The summed E-state index contributed by atoms with van der Waals surface area (Å²) in [6.07, 6.45) is 5.51. The highest BCUT2D eigenvalue weighted by Crippen LogP contribution is 2.26. The Labute approximate surface area is 100 Å². The second-order valence-corrected chi connectivity index (χ2v) is 4.61. The zero-order valence-corrected chi connectivity index (χ0v) is 11.3. The molecule has 1 aromatic heterocycles. The molecule has 0 aromatic carbocycles. The number of aryl methyl sites for hydroxylation is 1. The molecule has 1 atom stereocenters. The normalized spacial score (nSPS) is 13.1. The molecule has 3 nitrogen and oxygen atoms in total. The minimum absolute atomic E-state index is 0.414. The fourth-order valence-electron chi connectivity index (χ4n) is 1.80. The van der Waals surface area contributed by atoms with E-state index in [0.717, 1.165) is 11.0 Å². The fraction of sp³-hybridized carbons (Fsp3) is 0.727. The maximum atomic E-state index is 4.26. The first-order valence-corrected chi connectivity index (χ1v) is 6.40. The van der Waals surface area contributed by atoms with Crippen molar-refractivity contribution in [2.75, 3.05) is 6.54 Å². The smallest absolute Gasteiger partial charge is 0.0692 e. The van der Waals surface area contributed by atoms with E-state index >= 15 is 0 Å². The van der Waals surface area contributed by atoms with Gasteiger partial charge in [-0.2, -0.15) is 5.10 Å². The van der Waals surface area contributed by atoms with Crippen molar-refractivity contribution in [3.05, 3.63) is 16.4 Å². The zero-order chi connectivity index (χ0) is 11.3. The standard InChI is InChI=1S/C11H20BrN3/c1-4-6-7-10(13-5-2)11-9(12)8-14-15(11)3/h8,10,13H,4-7H2,1-3H3. The molecule has 0 saturated carbocycles. The number of hydrogen-bond donors (Lipinski definition) is 1. The number of rotatable bonds is 6. The second-order valence-electron chi connectivity index (χ2n) is 3.75. The van der Waals surface area contributed by atoms with Gasteiger partial charge in [-0.25, -0.2) is 0 Å². The maximum absolute atomic E-state index is 4.26. The molecule has 0 saturated heterocycles. The van der Waals surface area contributed by atoms with Gasteiger partial charge in [-0.15, -0.1) is 0 Å². The van der Waals surface area contributed by atoms with Crippen LogP contribution >= 0.6 is 15.9 Å². The first-order chi connectivity index (χ1) is 7.20. The van der Waals surface area contributed by atoms with Gasteiger partial charge in [0, 0.05) is 7.05 Å². The molecule has 4 heteroatoms. The zero-order valence-electron chi connectivity index (χ0n) is 9.76. The number of halogens is 1. The van der Waals surface area contributed by atoms with Crippen LogP contribution in [0.15, 0.2) is 10.7 Å². The van der Waals surface area contributed by atoms with Crippen LogP contribution in [0, 0.1) is 0 Å². The van der Waals surface area contributed by atoms with Gasteiger partial charge in [0.15, 0.2) is 0 Å². The summed E-state index contributed by atoms with van der Waals surface area (Å²) in [7, 11) is 2.00. The van der Waals surface area contributed by atoms with E-state index in [2.05, 4.69) is 40.2 Å². The SMILES string of the molecule is CCCCC(NCC)c1c(Br)cnn1C. The minimum atomic E-state index is 0.414. The monoisotopic (exact) mass is 273 g/mol. The van der Waals surface area contributed by atoms with Crippen LogP contribution in [0.5, 0.6) is 0 Å². The summed E-state index contributed by atoms with van der Waals surface area (Å²) in [5.74, 6) is 0. The van der Waals surface area contributed by atoms with E-state index in [4.69, 9.17) is 0 Å². The number of hydrogen-bond acceptors (Lipinski definition) is 2. The van der Waals surface area contributed by atoms with Gasteiger partial charge >= 0.3 is 0 Å². The lowest BCUT2D eigenvalue weighted by Gasteiger charge is -2.18. The van der Waals surface area contributed by atoms with Crippen molar-refractivity contribution in [1.82, 2.24) is 15.1 Å². The Balaban J connectivity index is 2.78. The highest BCUT2D eigenvalue weighted by molar-refractivity contribution is 9.10. The van der Waals surface area contributed by atoms with E-state index in [0.29, 0.717) is 6.04 Å². The van der Waals surface area contributed by atoms with Gasteiger partial charge < -0.3 is 5.32 Å². The van der Waals surface area contributed by atoms with Crippen LogP contribution in [0.2, 0.25) is 0 Å². The summed E-state index contributed by atoms with van der Waals surface area (Å²) in [6, 6.07) is 0.414. The average Bonchev–Trinajstić information content (AvgIpc) is 2.54. The third kappa shape index (κ3) is 3.31. The molecule has 1 N–H and O–H groups in total. The number of unbranched alkanes of at least 4 members (excludes halogenated alkanes) is 1. The summed E-state index contributed by atoms with van der Waals surface area (Å²) in [6.45, 7) is 5.36. The molecule has 0 aliphatic carbocycles. The van der Waals surface area contributed by atoms with E-state index in [-0.39, 0.29) is 0 Å². The van der Waals surface area contributed by atoms with Crippen molar-refractivity contribution in [3.63, 3.8) is 0 Å². The Morgan fingerprint density at radius 3 is 2.73 bits per heavy atom. The maximum Gasteiger partial charge on any atom is 0.0692 e. The van der Waals surface area contributed by atoms with Crippen LogP contribution in [0.1, 0.15) is 44.8 Å². The molecule has 0 fully saturated rings. The molecule has 0 aliphatic rings. The molecule has 86 valence electrons. The Morgan fingerprint density at radius 2 is 2.27 bits per heavy atom. The lowest BCUT2D eigenvalue weighted by molar-refractivity contribution is 0.463. The molecule has 1 rings (SSSR count). The van der Waals surface area contributed by atoms with Crippen molar-refractivity contribution >= 4 is 15.9 Å². The Kier molecular flexibility index (Phi) is 5.32. The predicted octanol–water partition coefficient (Wildman–Crippen LogP) is 3.02. The molecule has 0 bridgehead atoms. The highest BCUT2D eigenvalue weighted by atomic mass is 79.9. The van der Waals surface area contributed by atoms with Crippen molar-refractivity contribution in [2.45, 2.75) is 39.2 Å². The summed E-state index contributed by atoms with van der Waals surface area (Å²) >= 11 is 3.56. The van der Waals surface area contributed by atoms with E-state index < -0.39 is 0 Å². The van der Waals surface area contributed by atoms with Crippen molar-refractivity contribution < 1.29 is 0 Å². The molecule has 0 spiro atoms. The van der Waals surface area contributed by atoms with Crippen LogP contribution in [0.25, 0.3) is 0 Å². The van der Waals surface area contributed by atoms with Gasteiger partial charge in [0.2, 0.25) is 0 Å². The van der Waals surface area contributed by atoms with E-state index in [9.17, 15) is 0 Å². The third-order valence-electron chi connectivity index (χ3n) is 2.56. The lowest BCUT2D eigenvalue weighted by atomic mass is 10.1. The Morgan fingerprint density at radius 1 is 1.53 bits per heavy atom. The number of nitrogens with one attached hydrogen (secondary N) is 1. The number of aromatic nitrogens is 2. The lowest BCUT2D eigenvalue weighted by Crippen LogP contribution is -2.23. The van der Waals surface area contributed by atoms with Gasteiger partial charge in [0.1, 0.15) is 0 Å². The first kappa shape index (κ1) is 12.7. The van der Waals surface area contributed by atoms with Crippen LogP contribution in [0.4, 0.5) is 0 Å².